The van der Waals surface area contributed by atoms with Crippen molar-refractivity contribution in [3.63, 3.8) is 0 Å². The van der Waals surface area contributed by atoms with Gasteiger partial charge in [-0.05, 0) is 37.9 Å². The third-order valence-electron chi connectivity index (χ3n) is 4.70. The van der Waals surface area contributed by atoms with Crippen LogP contribution in [0.2, 0.25) is 0 Å². The van der Waals surface area contributed by atoms with Gasteiger partial charge in [-0.15, -0.1) is 0 Å². The Labute approximate surface area is 126 Å². The minimum absolute atomic E-state index is 0.292. The Morgan fingerprint density at radius 2 is 1.86 bits per heavy atom. The van der Waals surface area contributed by atoms with E-state index in [9.17, 15) is 4.79 Å². The summed E-state index contributed by atoms with van der Waals surface area (Å²) >= 11 is 0. The van der Waals surface area contributed by atoms with E-state index in [1.54, 1.807) is 0 Å². The first-order valence-electron chi connectivity index (χ1n) is 7.96. The topological polar surface area (TPSA) is 41.6 Å². The molecular formula is C17H24N2O2. The molecule has 0 radical (unpaired) electrons. The molecule has 114 valence electrons. The second kappa shape index (κ2) is 6.58. The summed E-state index contributed by atoms with van der Waals surface area (Å²) in [5.41, 5.74) is 0.818. The predicted molar refractivity (Wildman–Crippen MR) is 82.2 cm³/mol. The summed E-state index contributed by atoms with van der Waals surface area (Å²) in [5.74, 6) is 0.292. The third kappa shape index (κ3) is 2.97. The molecular weight excluding hydrogens is 264 g/mol. The maximum atomic E-state index is 13.3. The van der Waals surface area contributed by atoms with Crippen molar-refractivity contribution in [1.29, 1.82) is 0 Å². The maximum absolute atomic E-state index is 13.3. The summed E-state index contributed by atoms with van der Waals surface area (Å²) < 4.78 is 5.49. The number of hydrogen-bond donors (Lipinski definition) is 1. The molecule has 0 aliphatic carbocycles. The molecule has 0 bridgehead atoms. The number of rotatable bonds is 2. The lowest BCUT2D eigenvalue weighted by Crippen LogP contribution is -2.52. The van der Waals surface area contributed by atoms with Crippen LogP contribution < -0.4 is 5.32 Å². The third-order valence-corrected chi connectivity index (χ3v) is 4.70. The molecule has 0 saturated carbocycles. The molecule has 0 spiro atoms. The minimum Gasteiger partial charge on any atom is -0.380 e. The number of nitrogens with one attached hydrogen (secondary N) is 1. The van der Waals surface area contributed by atoms with Crippen LogP contribution in [-0.4, -0.2) is 50.2 Å². The van der Waals surface area contributed by atoms with Gasteiger partial charge in [0.1, 0.15) is 0 Å². The van der Waals surface area contributed by atoms with Crippen LogP contribution in [0.3, 0.4) is 0 Å². The molecule has 2 heterocycles. The monoisotopic (exact) mass is 288 g/mol. The van der Waals surface area contributed by atoms with Crippen molar-refractivity contribution in [3.8, 4) is 0 Å². The van der Waals surface area contributed by atoms with Crippen LogP contribution in [0, 0.1) is 0 Å². The zero-order chi connectivity index (χ0) is 14.5. The Bertz CT molecular complexity index is 461. The molecule has 1 aromatic carbocycles. The number of carbonyl (C=O) groups is 1. The van der Waals surface area contributed by atoms with Crippen molar-refractivity contribution in [3.05, 3.63) is 35.9 Å². The Balaban J connectivity index is 1.89. The fourth-order valence-electron chi connectivity index (χ4n) is 3.49. The van der Waals surface area contributed by atoms with E-state index >= 15 is 0 Å². The maximum Gasteiger partial charge on any atom is 0.233 e. The number of benzene rings is 1. The van der Waals surface area contributed by atoms with E-state index in [2.05, 4.69) is 17.4 Å². The Morgan fingerprint density at radius 3 is 2.62 bits per heavy atom. The highest BCUT2D eigenvalue weighted by atomic mass is 16.5. The van der Waals surface area contributed by atoms with Crippen molar-refractivity contribution >= 4 is 5.91 Å². The largest absolute Gasteiger partial charge is 0.380 e. The van der Waals surface area contributed by atoms with Crippen LogP contribution in [0.1, 0.15) is 24.8 Å². The fourth-order valence-corrected chi connectivity index (χ4v) is 3.49. The van der Waals surface area contributed by atoms with Gasteiger partial charge in [-0.25, -0.2) is 0 Å². The van der Waals surface area contributed by atoms with Gasteiger partial charge in [0, 0.05) is 19.7 Å². The van der Waals surface area contributed by atoms with Gasteiger partial charge in [0.2, 0.25) is 5.91 Å². The SMILES string of the molecule is O=C(N1CCCOCC1)C1(c2ccccc2)CCNCC1. The molecule has 2 saturated heterocycles. The van der Waals surface area contributed by atoms with Crippen molar-refractivity contribution in [2.45, 2.75) is 24.7 Å². The molecule has 2 aliphatic heterocycles. The Kier molecular flexibility index (Phi) is 4.56. The molecule has 1 aromatic rings. The van der Waals surface area contributed by atoms with Gasteiger partial charge in [-0.3, -0.25) is 4.79 Å². The van der Waals surface area contributed by atoms with Crippen molar-refractivity contribution < 1.29 is 9.53 Å². The molecule has 21 heavy (non-hydrogen) atoms. The quantitative estimate of drug-likeness (QED) is 0.898. The first-order valence-corrected chi connectivity index (χ1v) is 7.96. The Morgan fingerprint density at radius 1 is 1.10 bits per heavy atom. The van der Waals surface area contributed by atoms with Crippen molar-refractivity contribution in [2.75, 3.05) is 39.4 Å². The average Bonchev–Trinajstić information content (AvgIpc) is 2.85. The van der Waals surface area contributed by atoms with E-state index in [-0.39, 0.29) is 5.41 Å². The zero-order valence-corrected chi connectivity index (χ0v) is 12.5. The van der Waals surface area contributed by atoms with Crippen LogP contribution in [0.15, 0.2) is 30.3 Å². The summed E-state index contributed by atoms with van der Waals surface area (Å²) in [6, 6.07) is 10.3. The molecule has 2 fully saturated rings. The van der Waals surface area contributed by atoms with Gasteiger partial charge >= 0.3 is 0 Å². The lowest BCUT2D eigenvalue weighted by Gasteiger charge is -2.40. The summed E-state index contributed by atoms with van der Waals surface area (Å²) in [4.78, 5) is 15.3. The second-order valence-electron chi connectivity index (χ2n) is 5.96. The molecule has 4 heteroatoms. The lowest BCUT2D eigenvalue weighted by molar-refractivity contribution is -0.138. The minimum atomic E-state index is -0.350. The van der Waals surface area contributed by atoms with Gasteiger partial charge in [-0.2, -0.15) is 0 Å². The first-order chi connectivity index (χ1) is 10.3. The number of hydrogen-bond acceptors (Lipinski definition) is 3. The standard InChI is InChI=1S/C17H24N2O2/c20-16(19-11-4-13-21-14-12-19)17(7-9-18-10-8-17)15-5-2-1-3-6-15/h1-3,5-6,18H,4,7-14H2. The molecule has 0 atom stereocenters. The molecule has 4 nitrogen and oxygen atoms in total. The van der Waals surface area contributed by atoms with Crippen LogP contribution in [0.4, 0.5) is 0 Å². The van der Waals surface area contributed by atoms with Crippen molar-refractivity contribution in [2.24, 2.45) is 0 Å². The number of amides is 1. The normalized spacial score (nSPS) is 22.6. The van der Waals surface area contributed by atoms with Gasteiger partial charge in [-0.1, -0.05) is 30.3 Å². The highest BCUT2D eigenvalue weighted by Gasteiger charge is 2.43. The van der Waals surface area contributed by atoms with Crippen molar-refractivity contribution in [1.82, 2.24) is 10.2 Å². The average molecular weight is 288 g/mol. The predicted octanol–water partition coefficient (Wildman–Crippen LogP) is 1.56. The van der Waals surface area contributed by atoms with E-state index < -0.39 is 0 Å². The zero-order valence-electron chi connectivity index (χ0n) is 12.5. The first kappa shape index (κ1) is 14.5. The number of nitrogens with zero attached hydrogens (tertiary/aromatic N) is 1. The van der Waals surface area contributed by atoms with E-state index in [0.29, 0.717) is 12.5 Å². The summed E-state index contributed by atoms with van der Waals surface area (Å²) in [6.45, 7) is 4.79. The number of ether oxygens (including phenoxy) is 1. The highest BCUT2D eigenvalue weighted by molar-refractivity contribution is 5.88. The van der Waals surface area contributed by atoms with Crippen LogP contribution in [-0.2, 0) is 14.9 Å². The lowest BCUT2D eigenvalue weighted by atomic mass is 9.72. The van der Waals surface area contributed by atoms with Crippen LogP contribution in [0.5, 0.6) is 0 Å². The van der Waals surface area contributed by atoms with E-state index in [1.807, 2.05) is 23.1 Å². The van der Waals surface area contributed by atoms with E-state index in [1.165, 1.54) is 5.56 Å². The van der Waals surface area contributed by atoms with E-state index in [4.69, 9.17) is 4.74 Å². The fraction of sp³-hybridized carbons (Fsp3) is 0.588. The summed E-state index contributed by atoms with van der Waals surface area (Å²) in [5, 5.41) is 3.38. The molecule has 1 amide bonds. The Hall–Kier alpha value is -1.39. The smallest absolute Gasteiger partial charge is 0.233 e. The summed E-state index contributed by atoms with van der Waals surface area (Å²) in [6.07, 6.45) is 2.70. The van der Waals surface area contributed by atoms with Gasteiger partial charge in [0.15, 0.2) is 0 Å². The highest BCUT2D eigenvalue weighted by Crippen LogP contribution is 2.35. The number of carbonyl (C=O) groups excluding carboxylic acids is 1. The van der Waals surface area contributed by atoms with Gasteiger partial charge < -0.3 is 15.0 Å². The molecule has 0 unspecified atom stereocenters. The molecule has 0 aromatic heterocycles. The van der Waals surface area contributed by atoms with Gasteiger partial charge in [0.05, 0.1) is 12.0 Å². The van der Waals surface area contributed by atoms with Crippen LogP contribution in [0.25, 0.3) is 0 Å². The molecule has 3 rings (SSSR count). The van der Waals surface area contributed by atoms with Crippen LogP contribution >= 0.6 is 0 Å². The second-order valence-corrected chi connectivity index (χ2v) is 5.96. The molecule has 2 aliphatic rings. The van der Waals surface area contributed by atoms with E-state index in [0.717, 1.165) is 52.0 Å². The molecule has 1 N–H and O–H groups in total. The summed E-state index contributed by atoms with van der Waals surface area (Å²) in [7, 11) is 0. The van der Waals surface area contributed by atoms with Gasteiger partial charge in [0.25, 0.3) is 0 Å². The number of piperidine rings is 1.